The standard InChI is InChI=1S/C20H28ClN5O/c1-24(20(27)9-12-26-16-22-15-23-26)13-18-3-2-10-25(14-18)11-8-17-4-6-19(21)7-5-17/h4-7,15-16,18H,2-3,8-14H2,1H3/t18-/m1/s1. The van der Waals surface area contributed by atoms with Crippen molar-refractivity contribution in [2.75, 3.05) is 33.2 Å². The molecular weight excluding hydrogens is 362 g/mol. The van der Waals surface area contributed by atoms with Crippen molar-refractivity contribution < 1.29 is 4.79 Å². The molecule has 1 aromatic heterocycles. The first-order valence-corrected chi connectivity index (χ1v) is 10.0. The average molecular weight is 390 g/mol. The van der Waals surface area contributed by atoms with Gasteiger partial charge in [-0.1, -0.05) is 23.7 Å². The molecule has 1 aliphatic heterocycles. The van der Waals surface area contributed by atoms with Crippen molar-refractivity contribution in [1.82, 2.24) is 24.6 Å². The maximum atomic E-state index is 12.4. The number of carbonyl (C=O) groups excluding carboxylic acids is 1. The Morgan fingerprint density at radius 1 is 1.30 bits per heavy atom. The van der Waals surface area contributed by atoms with Gasteiger partial charge in [-0.3, -0.25) is 9.48 Å². The quantitative estimate of drug-likeness (QED) is 0.696. The lowest BCUT2D eigenvalue weighted by Crippen LogP contribution is -2.42. The Hall–Kier alpha value is -1.92. The number of hydrogen-bond acceptors (Lipinski definition) is 4. The van der Waals surface area contributed by atoms with Crippen molar-refractivity contribution in [3.05, 3.63) is 47.5 Å². The van der Waals surface area contributed by atoms with Crippen LogP contribution in [0, 0.1) is 5.92 Å². The van der Waals surface area contributed by atoms with Gasteiger partial charge in [0.1, 0.15) is 12.7 Å². The molecule has 1 amide bonds. The monoisotopic (exact) mass is 389 g/mol. The topological polar surface area (TPSA) is 54.3 Å². The first-order valence-electron chi connectivity index (χ1n) is 9.63. The first-order chi connectivity index (χ1) is 13.1. The molecular formula is C20H28ClN5O. The van der Waals surface area contributed by atoms with Gasteiger partial charge in [-0.25, -0.2) is 4.98 Å². The highest BCUT2D eigenvalue weighted by molar-refractivity contribution is 6.30. The number of aromatic nitrogens is 3. The van der Waals surface area contributed by atoms with Gasteiger partial charge in [-0.05, 0) is 49.4 Å². The Bertz CT molecular complexity index is 704. The third kappa shape index (κ3) is 6.33. The summed E-state index contributed by atoms with van der Waals surface area (Å²) < 4.78 is 1.70. The van der Waals surface area contributed by atoms with Crippen LogP contribution in [0.3, 0.4) is 0 Å². The van der Waals surface area contributed by atoms with E-state index in [-0.39, 0.29) is 5.91 Å². The molecule has 0 spiro atoms. The summed E-state index contributed by atoms with van der Waals surface area (Å²) in [5.74, 6) is 0.716. The second-order valence-electron chi connectivity index (χ2n) is 7.37. The van der Waals surface area contributed by atoms with E-state index < -0.39 is 0 Å². The molecule has 1 saturated heterocycles. The number of aryl methyl sites for hydroxylation is 1. The second kappa shape index (κ2) is 9.85. The molecule has 0 aliphatic carbocycles. The van der Waals surface area contributed by atoms with Crippen LogP contribution in [0.25, 0.3) is 0 Å². The molecule has 6 nitrogen and oxygen atoms in total. The highest BCUT2D eigenvalue weighted by Gasteiger charge is 2.22. The van der Waals surface area contributed by atoms with E-state index >= 15 is 0 Å². The molecule has 27 heavy (non-hydrogen) atoms. The van der Waals surface area contributed by atoms with Gasteiger partial charge < -0.3 is 9.80 Å². The highest BCUT2D eigenvalue weighted by Crippen LogP contribution is 2.18. The van der Waals surface area contributed by atoms with Gasteiger partial charge >= 0.3 is 0 Å². The predicted octanol–water partition coefficient (Wildman–Crippen LogP) is 2.73. The van der Waals surface area contributed by atoms with Crippen molar-refractivity contribution in [1.29, 1.82) is 0 Å². The molecule has 3 rings (SSSR count). The Morgan fingerprint density at radius 2 is 2.11 bits per heavy atom. The molecule has 0 unspecified atom stereocenters. The number of hydrogen-bond donors (Lipinski definition) is 0. The van der Waals surface area contributed by atoms with Gasteiger partial charge in [-0.2, -0.15) is 5.10 Å². The van der Waals surface area contributed by atoms with Crippen LogP contribution < -0.4 is 0 Å². The molecule has 1 atom stereocenters. The number of nitrogens with zero attached hydrogens (tertiary/aromatic N) is 5. The molecule has 146 valence electrons. The maximum absolute atomic E-state index is 12.4. The van der Waals surface area contributed by atoms with Crippen LogP contribution in [0.1, 0.15) is 24.8 Å². The average Bonchev–Trinajstić information content (AvgIpc) is 3.19. The molecule has 1 aromatic carbocycles. The van der Waals surface area contributed by atoms with E-state index in [4.69, 9.17) is 11.6 Å². The van der Waals surface area contributed by atoms with Gasteiger partial charge in [-0.15, -0.1) is 0 Å². The molecule has 0 saturated carbocycles. The lowest BCUT2D eigenvalue weighted by Gasteiger charge is -2.34. The Balaban J connectivity index is 1.40. The zero-order valence-electron chi connectivity index (χ0n) is 15.9. The number of likely N-dealkylation sites (tertiary alicyclic amines) is 1. The predicted molar refractivity (Wildman–Crippen MR) is 107 cm³/mol. The minimum absolute atomic E-state index is 0.170. The fraction of sp³-hybridized carbons (Fsp3) is 0.550. The van der Waals surface area contributed by atoms with Crippen molar-refractivity contribution in [2.45, 2.75) is 32.2 Å². The molecule has 7 heteroatoms. The number of piperidine rings is 1. The largest absolute Gasteiger partial charge is 0.345 e. The van der Waals surface area contributed by atoms with E-state index in [1.54, 1.807) is 11.0 Å². The van der Waals surface area contributed by atoms with E-state index in [0.717, 1.165) is 37.6 Å². The highest BCUT2D eigenvalue weighted by atomic mass is 35.5. The summed E-state index contributed by atoms with van der Waals surface area (Å²) in [5.41, 5.74) is 1.32. The fourth-order valence-electron chi connectivity index (χ4n) is 3.68. The summed E-state index contributed by atoms with van der Waals surface area (Å²) >= 11 is 5.95. The van der Waals surface area contributed by atoms with E-state index in [2.05, 4.69) is 27.1 Å². The van der Waals surface area contributed by atoms with Gasteiger partial charge in [0.05, 0.1) is 6.54 Å². The molecule has 1 aliphatic rings. The third-order valence-corrected chi connectivity index (χ3v) is 5.46. The number of amides is 1. The summed E-state index contributed by atoms with van der Waals surface area (Å²) in [4.78, 5) is 20.7. The Morgan fingerprint density at radius 3 is 2.85 bits per heavy atom. The summed E-state index contributed by atoms with van der Waals surface area (Å²) in [6.45, 7) is 4.68. The van der Waals surface area contributed by atoms with Crippen LogP contribution in [0.15, 0.2) is 36.9 Å². The first kappa shape index (κ1) is 19.8. The molecule has 2 heterocycles. The number of rotatable bonds is 8. The van der Waals surface area contributed by atoms with Crippen LogP contribution in [-0.4, -0.2) is 63.7 Å². The normalized spacial score (nSPS) is 17.8. The zero-order chi connectivity index (χ0) is 19.1. The number of benzene rings is 1. The van der Waals surface area contributed by atoms with Gasteiger partial charge in [0.2, 0.25) is 5.91 Å². The van der Waals surface area contributed by atoms with Crippen molar-refractivity contribution in [3.63, 3.8) is 0 Å². The molecule has 0 N–H and O–H groups in total. The fourth-order valence-corrected chi connectivity index (χ4v) is 3.81. The van der Waals surface area contributed by atoms with Crippen molar-refractivity contribution in [2.24, 2.45) is 5.92 Å². The summed E-state index contributed by atoms with van der Waals surface area (Å²) in [6, 6.07) is 8.11. The van der Waals surface area contributed by atoms with E-state index in [1.165, 1.54) is 24.7 Å². The maximum Gasteiger partial charge on any atom is 0.224 e. The summed E-state index contributed by atoms with van der Waals surface area (Å²) in [7, 11) is 1.91. The van der Waals surface area contributed by atoms with E-state index in [9.17, 15) is 4.79 Å². The van der Waals surface area contributed by atoms with Gasteiger partial charge in [0.15, 0.2) is 0 Å². The molecule has 1 fully saturated rings. The number of carbonyl (C=O) groups is 1. The number of halogens is 1. The minimum Gasteiger partial charge on any atom is -0.345 e. The lowest BCUT2D eigenvalue weighted by molar-refractivity contribution is -0.131. The molecule has 0 radical (unpaired) electrons. The van der Waals surface area contributed by atoms with Crippen LogP contribution in [0.2, 0.25) is 5.02 Å². The van der Waals surface area contributed by atoms with Crippen LogP contribution >= 0.6 is 11.6 Å². The van der Waals surface area contributed by atoms with Crippen LogP contribution in [0.5, 0.6) is 0 Å². The Labute approximate surface area is 166 Å². The summed E-state index contributed by atoms with van der Waals surface area (Å²) in [5, 5.41) is 4.83. The van der Waals surface area contributed by atoms with Crippen molar-refractivity contribution in [3.8, 4) is 0 Å². The van der Waals surface area contributed by atoms with Crippen LogP contribution in [0.4, 0.5) is 0 Å². The molecule has 0 bridgehead atoms. The van der Waals surface area contributed by atoms with Crippen LogP contribution in [-0.2, 0) is 17.8 Å². The lowest BCUT2D eigenvalue weighted by atomic mass is 9.97. The van der Waals surface area contributed by atoms with E-state index in [0.29, 0.717) is 18.9 Å². The van der Waals surface area contributed by atoms with Gasteiger partial charge in [0, 0.05) is 38.1 Å². The zero-order valence-corrected chi connectivity index (χ0v) is 16.7. The van der Waals surface area contributed by atoms with E-state index in [1.807, 2.05) is 24.1 Å². The van der Waals surface area contributed by atoms with Gasteiger partial charge in [0.25, 0.3) is 0 Å². The smallest absolute Gasteiger partial charge is 0.224 e. The SMILES string of the molecule is CN(C[C@H]1CCCN(CCc2ccc(Cl)cc2)C1)C(=O)CCn1cncn1. The second-order valence-corrected chi connectivity index (χ2v) is 7.80. The Kier molecular flexibility index (Phi) is 7.24. The minimum atomic E-state index is 0.170. The molecule has 2 aromatic rings. The van der Waals surface area contributed by atoms with Crippen molar-refractivity contribution >= 4 is 17.5 Å². The third-order valence-electron chi connectivity index (χ3n) is 5.21. The summed E-state index contributed by atoms with van der Waals surface area (Å²) in [6.07, 6.45) is 7.04.